The monoisotopic (exact) mass is 238 g/mol. The van der Waals surface area contributed by atoms with Crippen molar-refractivity contribution in [2.45, 2.75) is 20.8 Å². The summed E-state index contributed by atoms with van der Waals surface area (Å²) in [6, 6.07) is 0. The van der Waals surface area contributed by atoms with Crippen molar-refractivity contribution in [2.24, 2.45) is 0 Å². The van der Waals surface area contributed by atoms with Crippen molar-refractivity contribution in [1.29, 1.82) is 0 Å². The van der Waals surface area contributed by atoms with Crippen LogP contribution in [0.5, 0.6) is 0 Å². The highest BCUT2D eigenvalue weighted by Gasteiger charge is 2.11. The largest absolute Gasteiger partial charge is 0.353 e. The highest BCUT2D eigenvalue weighted by atomic mass is 16.7. The highest BCUT2D eigenvalue weighted by molar-refractivity contribution is 5.94. The zero-order valence-electron chi connectivity index (χ0n) is 9.98. The van der Waals surface area contributed by atoms with Crippen LogP contribution in [-0.4, -0.2) is 33.6 Å². The summed E-state index contributed by atoms with van der Waals surface area (Å²) >= 11 is 0. The molecule has 0 spiro atoms. The Hall–Kier alpha value is -2.18. The van der Waals surface area contributed by atoms with Crippen molar-refractivity contribution in [3.63, 3.8) is 0 Å². The standard InChI is InChI=1S/C10H14N4O3/c1-6(2)10(16)11-5-9(15)17-14-8(4)7(3)12-13-14/h1,5H2,2-4H3,(H,11,16). The molecule has 1 heterocycles. The van der Waals surface area contributed by atoms with E-state index in [4.69, 9.17) is 4.84 Å². The number of amides is 1. The molecule has 0 aliphatic rings. The molecule has 92 valence electrons. The average molecular weight is 238 g/mol. The third kappa shape index (κ3) is 3.40. The van der Waals surface area contributed by atoms with E-state index in [1.807, 2.05) is 0 Å². The van der Waals surface area contributed by atoms with Crippen molar-refractivity contribution in [3.8, 4) is 0 Å². The highest BCUT2D eigenvalue weighted by Crippen LogP contribution is 1.98. The second-order valence-corrected chi connectivity index (χ2v) is 3.56. The van der Waals surface area contributed by atoms with E-state index in [0.29, 0.717) is 17.0 Å². The van der Waals surface area contributed by atoms with Crippen molar-refractivity contribution in [2.75, 3.05) is 6.54 Å². The van der Waals surface area contributed by atoms with Crippen LogP contribution in [0.4, 0.5) is 0 Å². The van der Waals surface area contributed by atoms with Gasteiger partial charge in [-0.25, -0.2) is 4.79 Å². The van der Waals surface area contributed by atoms with Gasteiger partial charge >= 0.3 is 5.97 Å². The van der Waals surface area contributed by atoms with Crippen molar-refractivity contribution in [3.05, 3.63) is 23.5 Å². The molecule has 0 radical (unpaired) electrons. The predicted octanol–water partition coefficient (Wildman–Crippen LogP) is -0.458. The van der Waals surface area contributed by atoms with Crippen LogP contribution in [-0.2, 0) is 9.59 Å². The number of rotatable bonds is 4. The Kier molecular flexibility index (Phi) is 3.97. The van der Waals surface area contributed by atoms with Crippen LogP contribution in [0.3, 0.4) is 0 Å². The SMILES string of the molecule is C=C(C)C(=O)NCC(=O)On1nnc(C)c1C. The number of nitrogens with zero attached hydrogens (tertiary/aromatic N) is 3. The van der Waals surface area contributed by atoms with E-state index in [9.17, 15) is 9.59 Å². The van der Waals surface area contributed by atoms with Crippen LogP contribution in [0.2, 0.25) is 0 Å². The molecule has 0 fully saturated rings. The molecule has 7 nitrogen and oxygen atoms in total. The van der Waals surface area contributed by atoms with Gasteiger partial charge in [-0.3, -0.25) is 4.79 Å². The second kappa shape index (κ2) is 5.24. The first-order chi connectivity index (χ1) is 7.91. The van der Waals surface area contributed by atoms with Crippen LogP contribution in [0.15, 0.2) is 12.2 Å². The van der Waals surface area contributed by atoms with E-state index < -0.39 is 11.9 Å². The lowest BCUT2D eigenvalue weighted by molar-refractivity contribution is -0.146. The van der Waals surface area contributed by atoms with Gasteiger partial charge in [-0.1, -0.05) is 11.4 Å². The summed E-state index contributed by atoms with van der Waals surface area (Å²) in [5, 5.41) is 9.69. The molecule has 1 N–H and O–H groups in total. The first kappa shape index (κ1) is 12.9. The maximum Gasteiger partial charge on any atom is 0.353 e. The summed E-state index contributed by atoms with van der Waals surface area (Å²) in [5.41, 5.74) is 1.62. The molecule has 0 saturated heterocycles. The van der Waals surface area contributed by atoms with Gasteiger partial charge in [0.25, 0.3) is 0 Å². The van der Waals surface area contributed by atoms with Gasteiger partial charge in [0.15, 0.2) is 0 Å². The molecule has 7 heteroatoms. The fraction of sp³-hybridized carbons (Fsp3) is 0.400. The van der Waals surface area contributed by atoms with Gasteiger partial charge in [0.05, 0.1) is 5.69 Å². The lowest BCUT2D eigenvalue weighted by Gasteiger charge is -2.05. The number of hydrogen-bond acceptors (Lipinski definition) is 5. The van der Waals surface area contributed by atoms with Gasteiger partial charge in [0, 0.05) is 5.57 Å². The van der Waals surface area contributed by atoms with Gasteiger partial charge in [0.2, 0.25) is 5.91 Å². The molecule has 0 saturated carbocycles. The van der Waals surface area contributed by atoms with Crippen LogP contribution in [0.1, 0.15) is 18.3 Å². The summed E-state index contributed by atoms with van der Waals surface area (Å²) in [7, 11) is 0. The molecule has 0 aliphatic carbocycles. The Balaban J connectivity index is 2.48. The average Bonchev–Trinajstić information content (AvgIpc) is 2.57. The molecule has 0 aliphatic heterocycles. The smallest absolute Gasteiger partial charge is 0.341 e. The Labute approximate surface area is 98.4 Å². The molecule has 0 bridgehead atoms. The minimum Gasteiger partial charge on any atom is -0.341 e. The minimum absolute atomic E-state index is 0.246. The van der Waals surface area contributed by atoms with Gasteiger partial charge in [-0.2, -0.15) is 0 Å². The van der Waals surface area contributed by atoms with E-state index in [0.717, 1.165) is 4.85 Å². The minimum atomic E-state index is -0.632. The molecular formula is C10H14N4O3. The zero-order chi connectivity index (χ0) is 13.0. The molecule has 0 atom stereocenters. The third-order valence-electron chi connectivity index (χ3n) is 2.06. The summed E-state index contributed by atoms with van der Waals surface area (Å²) in [6.07, 6.45) is 0. The molecule has 1 aromatic rings. The molecular weight excluding hydrogens is 224 g/mol. The topological polar surface area (TPSA) is 86.1 Å². The molecule has 0 unspecified atom stereocenters. The van der Waals surface area contributed by atoms with Crippen LogP contribution in [0.25, 0.3) is 0 Å². The fourth-order valence-electron chi connectivity index (χ4n) is 0.904. The maximum atomic E-state index is 11.3. The first-order valence-electron chi connectivity index (χ1n) is 4.95. The molecule has 1 aromatic heterocycles. The Morgan fingerprint density at radius 3 is 2.59 bits per heavy atom. The van der Waals surface area contributed by atoms with Crippen molar-refractivity contribution in [1.82, 2.24) is 20.5 Å². The zero-order valence-corrected chi connectivity index (χ0v) is 9.98. The maximum absolute atomic E-state index is 11.3. The van der Waals surface area contributed by atoms with Crippen molar-refractivity contribution < 1.29 is 14.4 Å². The first-order valence-corrected chi connectivity index (χ1v) is 4.95. The fourth-order valence-corrected chi connectivity index (χ4v) is 0.904. The van der Waals surface area contributed by atoms with Crippen LogP contribution in [0, 0.1) is 13.8 Å². The number of aromatic nitrogens is 3. The molecule has 17 heavy (non-hydrogen) atoms. The van der Waals surface area contributed by atoms with Crippen molar-refractivity contribution >= 4 is 11.9 Å². The number of nitrogens with one attached hydrogen (secondary N) is 1. The Bertz CT molecular complexity index is 464. The normalized spacial score (nSPS) is 9.82. The van der Waals surface area contributed by atoms with E-state index in [1.54, 1.807) is 20.8 Å². The quantitative estimate of drug-likeness (QED) is 0.566. The predicted molar refractivity (Wildman–Crippen MR) is 58.9 cm³/mol. The van der Waals surface area contributed by atoms with Crippen LogP contribution < -0.4 is 10.2 Å². The Morgan fingerprint density at radius 2 is 2.12 bits per heavy atom. The Morgan fingerprint density at radius 1 is 1.47 bits per heavy atom. The number of hydrogen-bond donors (Lipinski definition) is 1. The summed E-state index contributed by atoms with van der Waals surface area (Å²) < 4.78 is 0. The molecule has 0 aromatic carbocycles. The lowest BCUT2D eigenvalue weighted by atomic mass is 10.3. The second-order valence-electron chi connectivity index (χ2n) is 3.56. The summed E-state index contributed by atoms with van der Waals surface area (Å²) in [5.74, 6) is -1.03. The number of carbonyl (C=O) groups is 2. The van der Waals surface area contributed by atoms with Crippen LogP contribution >= 0.6 is 0 Å². The van der Waals surface area contributed by atoms with E-state index in [1.165, 1.54) is 0 Å². The number of carbonyl (C=O) groups excluding carboxylic acids is 2. The van der Waals surface area contributed by atoms with E-state index in [2.05, 4.69) is 22.2 Å². The van der Waals surface area contributed by atoms with Gasteiger partial charge in [-0.05, 0) is 26.0 Å². The van der Waals surface area contributed by atoms with Gasteiger partial charge in [0.1, 0.15) is 12.2 Å². The van der Waals surface area contributed by atoms with Gasteiger partial charge in [-0.15, -0.1) is 5.10 Å². The van der Waals surface area contributed by atoms with E-state index in [-0.39, 0.29) is 6.54 Å². The lowest BCUT2D eigenvalue weighted by Crippen LogP contribution is -2.35. The summed E-state index contributed by atoms with van der Waals surface area (Å²) in [6.45, 7) is 8.21. The third-order valence-corrected chi connectivity index (χ3v) is 2.06. The van der Waals surface area contributed by atoms with E-state index >= 15 is 0 Å². The summed E-state index contributed by atoms with van der Waals surface area (Å²) in [4.78, 5) is 28.3. The molecule has 1 amide bonds. The molecule has 1 rings (SSSR count). The number of aryl methyl sites for hydroxylation is 1. The van der Waals surface area contributed by atoms with Gasteiger partial charge < -0.3 is 10.2 Å².